The molecule has 20 heavy (non-hydrogen) atoms. The van der Waals surface area contributed by atoms with Crippen LogP contribution in [0.2, 0.25) is 5.15 Å². The zero-order valence-electron chi connectivity index (χ0n) is 10.9. The lowest BCUT2D eigenvalue weighted by atomic mass is 10.0. The van der Waals surface area contributed by atoms with Gasteiger partial charge in [-0.2, -0.15) is 5.10 Å². The highest BCUT2D eigenvalue weighted by molar-refractivity contribution is 7.13. The molecule has 0 unspecified atom stereocenters. The Hall–Kier alpha value is -1.39. The van der Waals surface area contributed by atoms with Gasteiger partial charge in [0.2, 0.25) is 0 Å². The van der Waals surface area contributed by atoms with Gasteiger partial charge in [0.1, 0.15) is 10.8 Å². The Kier molecular flexibility index (Phi) is 3.00. The molecule has 1 aliphatic rings. The first kappa shape index (κ1) is 12.4. The second-order valence-corrected chi connectivity index (χ2v) is 6.60. The van der Waals surface area contributed by atoms with E-state index in [0.717, 1.165) is 21.9 Å². The van der Waals surface area contributed by atoms with Crippen molar-refractivity contribution >= 4 is 28.6 Å². The molecule has 1 fully saturated rings. The van der Waals surface area contributed by atoms with Gasteiger partial charge in [0.05, 0.1) is 4.88 Å². The Balaban J connectivity index is 1.83. The van der Waals surface area contributed by atoms with E-state index in [0.29, 0.717) is 11.1 Å². The van der Waals surface area contributed by atoms with Crippen LogP contribution in [-0.4, -0.2) is 14.6 Å². The number of rotatable bonds is 2. The van der Waals surface area contributed by atoms with Crippen molar-refractivity contribution in [3.8, 4) is 10.6 Å². The summed E-state index contributed by atoms with van der Waals surface area (Å²) in [5.41, 5.74) is 2.92. The lowest BCUT2D eigenvalue weighted by molar-refractivity contribution is 0.694. The highest BCUT2D eigenvalue weighted by Gasteiger charge is 2.20. The minimum atomic E-state index is 0.567. The molecule has 0 aromatic carbocycles. The fraction of sp³-hybridized carbons (Fsp3) is 0.333. The van der Waals surface area contributed by atoms with E-state index >= 15 is 0 Å². The van der Waals surface area contributed by atoms with Crippen molar-refractivity contribution < 1.29 is 0 Å². The van der Waals surface area contributed by atoms with Crippen molar-refractivity contribution in [2.24, 2.45) is 0 Å². The number of fused-ring (bicyclic) bond motifs is 1. The third-order valence-electron chi connectivity index (χ3n) is 3.95. The topological polar surface area (TPSA) is 30.2 Å². The number of nitrogens with zero attached hydrogens (tertiary/aromatic N) is 3. The Bertz CT molecular complexity index is 742. The van der Waals surface area contributed by atoms with E-state index in [1.54, 1.807) is 15.9 Å². The van der Waals surface area contributed by atoms with Crippen LogP contribution in [0.4, 0.5) is 0 Å². The molecule has 1 aliphatic carbocycles. The molecule has 3 aromatic heterocycles. The average molecular weight is 304 g/mol. The summed E-state index contributed by atoms with van der Waals surface area (Å²) in [4.78, 5) is 5.92. The van der Waals surface area contributed by atoms with Crippen LogP contribution in [0.1, 0.15) is 37.3 Å². The van der Waals surface area contributed by atoms with E-state index in [4.69, 9.17) is 16.6 Å². The van der Waals surface area contributed by atoms with Crippen LogP contribution >= 0.6 is 22.9 Å². The number of hydrogen-bond donors (Lipinski definition) is 0. The molecule has 3 nitrogen and oxygen atoms in total. The van der Waals surface area contributed by atoms with Crippen molar-refractivity contribution in [3.63, 3.8) is 0 Å². The molecule has 0 N–H and O–H groups in total. The minimum Gasteiger partial charge on any atom is -0.233 e. The summed E-state index contributed by atoms with van der Waals surface area (Å²) in [6.07, 6.45) is 5.06. The molecule has 0 aliphatic heterocycles. The van der Waals surface area contributed by atoms with E-state index in [1.807, 2.05) is 18.2 Å². The predicted octanol–water partition coefficient (Wildman–Crippen LogP) is 4.77. The first-order valence-corrected chi connectivity index (χ1v) is 8.17. The highest BCUT2D eigenvalue weighted by atomic mass is 35.5. The summed E-state index contributed by atoms with van der Waals surface area (Å²) < 4.78 is 1.73. The van der Waals surface area contributed by atoms with Crippen molar-refractivity contribution in [2.75, 3.05) is 0 Å². The molecule has 1 saturated carbocycles. The van der Waals surface area contributed by atoms with Crippen molar-refractivity contribution in [2.45, 2.75) is 31.6 Å². The summed E-state index contributed by atoms with van der Waals surface area (Å²) in [6, 6.07) is 8.10. The Morgan fingerprint density at radius 2 is 2.10 bits per heavy atom. The fourth-order valence-corrected chi connectivity index (χ4v) is 3.85. The van der Waals surface area contributed by atoms with Gasteiger partial charge in [0.25, 0.3) is 0 Å². The number of halogens is 1. The van der Waals surface area contributed by atoms with Gasteiger partial charge in [-0.3, -0.25) is 0 Å². The predicted molar refractivity (Wildman–Crippen MR) is 82.5 cm³/mol. The molecule has 0 amide bonds. The van der Waals surface area contributed by atoms with Gasteiger partial charge in [-0.15, -0.1) is 11.3 Å². The van der Waals surface area contributed by atoms with Crippen LogP contribution in [0.15, 0.2) is 29.6 Å². The van der Waals surface area contributed by atoms with Gasteiger partial charge in [0, 0.05) is 17.7 Å². The number of thiophene rings is 1. The van der Waals surface area contributed by atoms with Crippen LogP contribution in [0.25, 0.3) is 16.2 Å². The number of hydrogen-bond acceptors (Lipinski definition) is 3. The monoisotopic (exact) mass is 303 g/mol. The van der Waals surface area contributed by atoms with E-state index in [1.165, 1.54) is 25.7 Å². The standard InChI is InChI=1S/C15H14ClN3S/c16-14-8-11(10-4-1-2-5-10)17-15-9-12(18-19(14)15)13-6-3-7-20-13/h3,6-10H,1-2,4-5H2. The summed E-state index contributed by atoms with van der Waals surface area (Å²) in [5, 5.41) is 7.26. The molecule has 4 rings (SSSR count). The summed E-state index contributed by atoms with van der Waals surface area (Å²) >= 11 is 8.06. The van der Waals surface area contributed by atoms with E-state index in [2.05, 4.69) is 16.5 Å². The van der Waals surface area contributed by atoms with Gasteiger partial charge in [-0.25, -0.2) is 9.50 Å². The molecular weight excluding hydrogens is 290 g/mol. The Labute approximate surface area is 126 Å². The molecule has 0 atom stereocenters. The van der Waals surface area contributed by atoms with E-state index in [9.17, 15) is 0 Å². The van der Waals surface area contributed by atoms with E-state index in [-0.39, 0.29) is 0 Å². The molecule has 5 heteroatoms. The molecular formula is C15H14ClN3S. The maximum Gasteiger partial charge on any atom is 0.157 e. The maximum atomic E-state index is 6.38. The summed E-state index contributed by atoms with van der Waals surface area (Å²) in [5.74, 6) is 0.567. The molecule has 0 radical (unpaired) electrons. The average Bonchev–Trinajstić information content (AvgIpc) is 3.19. The molecule has 0 saturated heterocycles. The van der Waals surface area contributed by atoms with Crippen molar-refractivity contribution in [1.29, 1.82) is 0 Å². The summed E-state index contributed by atoms with van der Waals surface area (Å²) in [7, 11) is 0. The quantitative estimate of drug-likeness (QED) is 0.638. The first-order chi connectivity index (χ1) is 9.81. The zero-order chi connectivity index (χ0) is 13.5. The minimum absolute atomic E-state index is 0.567. The smallest absolute Gasteiger partial charge is 0.157 e. The molecule has 0 spiro atoms. The van der Waals surface area contributed by atoms with Crippen molar-refractivity contribution in [1.82, 2.24) is 14.6 Å². The second kappa shape index (κ2) is 4.86. The molecule has 102 valence electrons. The van der Waals surface area contributed by atoms with Crippen LogP contribution in [0.5, 0.6) is 0 Å². The first-order valence-electron chi connectivity index (χ1n) is 6.91. The normalized spacial score (nSPS) is 16.2. The molecule has 3 heterocycles. The fourth-order valence-electron chi connectivity index (χ4n) is 2.93. The van der Waals surface area contributed by atoms with Crippen molar-refractivity contribution in [3.05, 3.63) is 40.5 Å². The highest BCUT2D eigenvalue weighted by Crippen LogP contribution is 2.34. The second-order valence-electron chi connectivity index (χ2n) is 5.26. The van der Waals surface area contributed by atoms with E-state index < -0.39 is 0 Å². The van der Waals surface area contributed by atoms with Crippen LogP contribution < -0.4 is 0 Å². The van der Waals surface area contributed by atoms with Gasteiger partial charge < -0.3 is 0 Å². The largest absolute Gasteiger partial charge is 0.233 e. The maximum absolute atomic E-state index is 6.38. The number of aromatic nitrogens is 3. The third-order valence-corrected chi connectivity index (χ3v) is 5.11. The van der Waals surface area contributed by atoms with Gasteiger partial charge in [0.15, 0.2) is 5.65 Å². The van der Waals surface area contributed by atoms with Gasteiger partial charge >= 0.3 is 0 Å². The van der Waals surface area contributed by atoms with Crippen LogP contribution in [0.3, 0.4) is 0 Å². The molecule has 3 aromatic rings. The Morgan fingerprint density at radius 1 is 1.25 bits per heavy atom. The van der Waals surface area contributed by atoms with Crippen LogP contribution in [-0.2, 0) is 0 Å². The van der Waals surface area contributed by atoms with Gasteiger partial charge in [-0.05, 0) is 30.4 Å². The SMILES string of the molecule is Clc1cc(C2CCCC2)nc2cc(-c3cccs3)nn12. The lowest BCUT2D eigenvalue weighted by Gasteiger charge is -2.09. The van der Waals surface area contributed by atoms with Crippen LogP contribution in [0, 0.1) is 0 Å². The summed E-state index contributed by atoms with van der Waals surface area (Å²) in [6.45, 7) is 0. The lowest BCUT2D eigenvalue weighted by Crippen LogP contribution is -2.01. The molecule has 0 bridgehead atoms. The zero-order valence-corrected chi connectivity index (χ0v) is 12.5. The Morgan fingerprint density at radius 3 is 2.85 bits per heavy atom. The third kappa shape index (κ3) is 2.03. The van der Waals surface area contributed by atoms with Gasteiger partial charge in [-0.1, -0.05) is 30.5 Å².